The number of benzene rings is 4. The zero-order chi connectivity index (χ0) is 24.6. The van der Waals surface area contributed by atoms with E-state index in [2.05, 4.69) is 10.6 Å². The summed E-state index contributed by atoms with van der Waals surface area (Å²) in [5, 5.41) is 24.3. The van der Waals surface area contributed by atoms with E-state index in [4.69, 9.17) is 9.47 Å². The van der Waals surface area contributed by atoms with Crippen molar-refractivity contribution in [1.82, 2.24) is 0 Å². The van der Waals surface area contributed by atoms with E-state index in [1.54, 1.807) is 48.5 Å². The maximum absolute atomic E-state index is 12.3. The van der Waals surface area contributed by atoms with Gasteiger partial charge in [0.05, 0.1) is 0 Å². The van der Waals surface area contributed by atoms with Crippen LogP contribution in [0.5, 0.6) is 23.0 Å². The predicted molar refractivity (Wildman–Crippen MR) is 131 cm³/mol. The fourth-order valence-electron chi connectivity index (χ4n) is 3.31. The molecule has 0 aliphatic heterocycles. The highest BCUT2D eigenvalue weighted by Gasteiger charge is 2.11. The third-order valence-corrected chi connectivity index (χ3v) is 4.91. The molecule has 0 aliphatic rings. The first-order valence-electron chi connectivity index (χ1n) is 10.7. The molecule has 0 unspecified atom stereocenters. The topological polar surface area (TPSA) is 117 Å². The van der Waals surface area contributed by atoms with Gasteiger partial charge in [0.2, 0.25) is 0 Å². The van der Waals surface area contributed by atoms with Crippen molar-refractivity contribution < 1.29 is 29.3 Å². The molecule has 4 aromatic carbocycles. The van der Waals surface area contributed by atoms with Crippen LogP contribution in [-0.4, -0.2) is 22.4 Å². The summed E-state index contributed by atoms with van der Waals surface area (Å²) in [6, 6.07) is 26.5. The first-order chi connectivity index (χ1) is 16.9. The number of anilines is 2. The van der Waals surface area contributed by atoms with Crippen molar-refractivity contribution >= 4 is 23.6 Å². The van der Waals surface area contributed by atoms with Gasteiger partial charge in [0.1, 0.15) is 23.0 Å². The van der Waals surface area contributed by atoms with Gasteiger partial charge in [-0.05, 0) is 60.0 Å². The minimum Gasteiger partial charge on any atom is -0.508 e. The number of carbonyl (C=O) groups is 2. The van der Waals surface area contributed by atoms with Crippen molar-refractivity contribution in [3.8, 4) is 23.0 Å². The van der Waals surface area contributed by atoms with Crippen LogP contribution in [0.3, 0.4) is 0 Å². The van der Waals surface area contributed by atoms with Crippen LogP contribution in [-0.2, 0) is 6.42 Å². The lowest BCUT2D eigenvalue weighted by molar-refractivity contribution is 0.214. The van der Waals surface area contributed by atoms with Crippen LogP contribution in [0.2, 0.25) is 0 Å². The smallest absolute Gasteiger partial charge is 0.417 e. The molecule has 4 aromatic rings. The summed E-state index contributed by atoms with van der Waals surface area (Å²) in [6.07, 6.45) is -0.827. The number of phenols is 2. The fraction of sp³-hybridized carbons (Fsp3) is 0.0370. The highest BCUT2D eigenvalue weighted by atomic mass is 16.6. The van der Waals surface area contributed by atoms with E-state index in [1.807, 2.05) is 24.3 Å². The first-order valence-corrected chi connectivity index (χ1v) is 10.7. The monoisotopic (exact) mass is 470 g/mol. The maximum Gasteiger partial charge on any atom is 0.417 e. The summed E-state index contributed by atoms with van der Waals surface area (Å²) in [5.74, 6) is 0.458. The Morgan fingerprint density at radius 3 is 1.83 bits per heavy atom. The van der Waals surface area contributed by atoms with Crippen molar-refractivity contribution in [2.45, 2.75) is 6.42 Å². The number of hydrogen-bond donors (Lipinski definition) is 4. The van der Waals surface area contributed by atoms with Gasteiger partial charge in [-0.3, -0.25) is 10.6 Å². The van der Waals surface area contributed by atoms with Gasteiger partial charge in [0.15, 0.2) is 0 Å². The lowest BCUT2D eigenvalue weighted by Gasteiger charge is -2.12. The largest absolute Gasteiger partial charge is 0.508 e. The Hall–Kier alpha value is -4.98. The van der Waals surface area contributed by atoms with Crippen molar-refractivity contribution in [1.29, 1.82) is 0 Å². The van der Waals surface area contributed by atoms with Gasteiger partial charge in [-0.2, -0.15) is 0 Å². The Kier molecular flexibility index (Phi) is 7.13. The molecule has 176 valence electrons. The zero-order valence-electron chi connectivity index (χ0n) is 18.5. The van der Waals surface area contributed by atoms with Crippen LogP contribution in [0.15, 0.2) is 97.1 Å². The third kappa shape index (κ3) is 6.75. The average Bonchev–Trinajstić information content (AvgIpc) is 2.81. The second-order valence-electron chi connectivity index (χ2n) is 7.55. The number of carbonyl (C=O) groups excluding carboxylic acids is 2. The molecule has 4 rings (SSSR count). The molecule has 0 atom stereocenters. The zero-order valence-corrected chi connectivity index (χ0v) is 18.5. The van der Waals surface area contributed by atoms with Gasteiger partial charge in [-0.15, -0.1) is 0 Å². The van der Waals surface area contributed by atoms with E-state index in [1.165, 1.54) is 24.3 Å². The Morgan fingerprint density at radius 1 is 0.657 bits per heavy atom. The van der Waals surface area contributed by atoms with Gasteiger partial charge < -0.3 is 19.7 Å². The quantitative estimate of drug-likeness (QED) is 0.278. The number of aromatic hydroxyl groups is 2. The lowest BCUT2D eigenvalue weighted by atomic mass is 10.0. The number of nitrogens with one attached hydrogen (secondary N) is 2. The number of para-hydroxylation sites is 1. The molecule has 0 aliphatic carbocycles. The molecule has 0 fully saturated rings. The first kappa shape index (κ1) is 23.2. The molecule has 8 heteroatoms. The lowest BCUT2D eigenvalue weighted by Crippen LogP contribution is -2.17. The molecule has 4 N–H and O–H groups in total. The van der Waals surface area contributed by atoms with Crippen LogP contribution < -0.4 is 20.1 Å². The summed E-state index contributed by atoms with van der Waals surface area (Å²) < 4.78 is 10.4. The van der Waals surface area contributed by atoms with Crippen LogP contribution in [0.4, 0.5) is 21.0 Å². The number of ether oxygens (including phenoxy) is 2. The van der Waals surface area contributed by atoms with E-state index in [0.717, 1.165) is 11.1 Å². The SMILES string of the molecule is O=C(Nc1ccc(Cc2ccccc2NC(=O)Oc2cccc(O)c2)cc1)Oc1cccc(O)c1. The molecular weight excluding hydrogens is 448 g/mol. The van der Waals surface area contributed by atoms with Gasteiger partial charge in [0.25, 0.3) is 0 Å². The summed E-state index contributed by atoms with van der Waals surface area (Å²) in [5.41, 5.74) is 2.95. The van der Waals surface area contributed by atoms with Crippen LogP contribution in [0, 0.1) is 0 Å². The van der Waals surface area contributed by atoms with E-state index in [0.29, 0.717) is 17.8 Å². The van der Waals surface area contributed by atoms with Gasteiger partial charge in [0, 0.05) is 23.5 Å². The fourth-order valence-corrected chi connectivity index (χ4v) is 3.31. The molecule has 0 spiro atoms. The van der Waals surface area contributed by atoms with Gasteiger partial charge in [-0.1, -0.05) is 42.5 Å². The van der Waals surface area contributed by atoms with Crippen molar-refractivity contribution in [3.63, 3.8) is 0 Å². The molecule has 0 bridgehead atoms. The Bertz CT molecular complexity index is 1340. The van der Waals surface area contributed by atoms with E-state index in [-0.39, 0.29) is 23.0 Å². The predicted octanol–water partition coefficient (Wildman–Crippen LogP) is 5.91. The van der Waals surface area contributed by atoms with E-state index < -0.39 is 12.2 Å². The summed E-state index contributed by atoms with van der Waals surface area (Å²) in [7, 11) is 0. The van der Waals surface area contributed by atoms with Crippen LogP contribution in [0.1, 0.15) is 11.1 Å². The number of phenolic OH excluding ortho intramolecular Hbond substituents is 2. The number of hydrogen-bond acceptors (Lipinski definition) is 6. The van der Waals surface area contributed by atoms with E-state index in [9.17, 15) is 19.8 Å². The average molecular weight is 470 g/mol. The minimum absolute atomic E-state index is 0.00117. The van der Waals surface area contributed by atoms with Gasteiger partial charge >= 0.3 is 12.2 Å². The van der Waals surface area contributed by atoms with Crippen LogP contribution >= 0.6 is 0 Å². The molecule has 0 saturated carbocycles. The normalized spacial score (nSPS) is 10.3. The summed E-state index contributed by atoms with van der Waals surface area (Å²) >= 11 is 0. The summed E-state index contributed by atoms with van der Waals surface area (Å²) in [4.78, 5) is 24.4. The van der Waals surface area contributed by atoms with Crippen molar-refractivity contribution in [2.24, 2.45) is 0 Å². The minimum atomic E-state index is -0.678. The Morgan fingerprint density at radius 2 is 1.23 bits per heavy atom. The number of rotatable bonds is 6. The van der Waals surface area contributed by atoms with Gasteiger partial charge in [-0.25, -0.2) is 9.59 Å². The third-order valence-electron chi connectivity index (χ3n) is 4.91. The van der Waals surface area contributed by atoms with Crippen molar-refractivity contribution in [2.75, 3.05) is 10.6 Å². The second-order valence-corrected chi connectivity index (χ2v) is 7.55. The Balaban J connectivity index is 1.36. The van der Waals surface area contributed by atoms with Crippen molar-refractivity contribution in [3.05, 3.63) is 108 Å². The molecule has 35 heavy (non-hydrogen) atoms. The molecule has 0 saturated heterocycles. The molecule has 0 radical (unpaired) electrons. The molecule has 2 amide bonds. The Labute approximate surface area is 201 Å². The van der Waals surface area contributed by atoms with E-state index >= 15 is 0 Å². The second kappa shape index (κ2) is 10.8. The summed E-state index contributed by atoms with van der Waals surface area (Å²) in [6.45, 7) is 0. The molecule has 8 nitrogen and oxygen atoms in total. The number of amides is 2. The molecular formula is C27H22N2O6. The highest BCUT2D eigenvalue weighted by molar-refractivity contribution is 5.88. The highest BCUT2D eigenvalue weighted by Crippen LogP contribution is 2.23. The van der Waals surface area contributed by atoms with Crippen LogP contribution in [0.25, 0.3) is 0 Å². The molecule has 0 aromatic heterocycles. The molecule has 0 heterocycles. The maximum atomic E-state index is 12.3. The standard InChI is InChI=1S/C27H22N2O6/c30-21-6-3-8-23(16-21)34-26(32)28-20-13-11-18(12-14-20)15-19-5-1-2-10-25(19)29-27(33)35-24-9-4-7-22(31)17-24/h1-14,16-17,30-31H,15H2,(H,28,32)(H,29,33).